The van der Waals surface area contributed by atoms with Gasteiger partial charge in [0.25, 0.3) is 0 Å². The molecule has 6 heteroatoms. The lowest BCUT2D eigenvalue weighted by atomic mass is 10.2. The first-order valence-electron chi connectivity index (χ1n) is 8.21. The number of anilines is 1. The van der Waals surface area contributed by atoms with E-state index in [-0.39, 0.29) is 11.9 Å². The van der Waals surface area contributed by atoms with Gasteiger partial charge in [-0.1, -0.05) is 42.6 Å². The van der Waals surface area contributed by atoms with Gasteiger partial charge in [-0.25, -0.2) is 4.79 Å². The van der Waals surface area contributed by atoms with Crippen LogP contribution in [0.2, 0.25) is 10.0 Å². The van der Waals surface area contributed by atoms with Gasteiger partial charge in [0.15, 0.2) is 0 Å². The third-order valence-electron chi connectivity index (χ3n) is 3.52. The predicted octanol–water partition coefficient (Wildman–Crippen LogP) is 5.60. The fourth-order valence-electron chi connectivity index (χ4n) is 2.10. The predicted molar refractivity (Wildman–Crippen MR) is 106 cm³/mol. The summed E-state index contributed by atoms with van der Waals surface area (Å²) in [5, 5.41) is 3.64. The van der Waals surface area contributed by atoms with Crippen LogP contribution in [0.25, 0.3) is 6.08 Å². The van der Waals surface area contributed by atoms with E-state index in [1.54, 1.807) is 48.5 Å². The molecule has 0 heterocycles. The maximum Gasteiger partial charge on any atom is 0.338 e. The first-order valence-corrected chi connectivity index (χ1v) is 8.97. The molecular formula is C20H19Cl2NO3. The zero-order valence-corrected chi connectivity index (χ0v) is 15.8. The molecule has 2 rings (SSSR count). The minimum absolute atomic E-state index is 0.334. The van der Waals surface area contributed by atoms with Crippen molar-refractivity contribution in [2.45, 2.75) is 19.8 Å². The van der Waals surface area contributed by atoms with Gasteiger partial charge in [0.2, 0.25) is 5.91 Å². The van der Waals surface area contributed by atoms with E-state index in [1.807, 2.05) is 6.92 Å². The van der Waals surface area contributed by atoms with Crippen molar-refractivity contribution in [1.29, 1.82) is 0 Å². The SMILES string of the molecule is CCCCOC(=O)c1ccc(NC(=O)/C=C/c2c(Cl)cccc2Cl)cc1. The summed E-state index contributed by atoms with van der Waals surface area (Å²) >= 11 is 12.1. The summed E-state index contributed by atoms with van der Waals surface area (Å²) in [5.41, 5.74) is 1.59. The lowest BCUT2D eigenvalue weighted by molar-refractivity contribution is -0.111. The highest BCUT2D eigenvalue weighted by molar-refractivity contribution is 6.37. The number of benzene rings is 2. The number of amides is 1. The molecule has 26 heavy (non-hydrogen) atoms. The van der Waals surface area contributed by atoms with Crippen LogP contribution in [0.15, 0.2) is 48.5 Å². The Morgan fingerprint density at radius 2 is 1.73 bits per heavy atom. The number of hydrogen-bond acceptors (Lipinski definition) is 3. The zero-order valence-electron chi connectivity index (χ0n) is 14.3. The van der Waals surface area contributed by atoms with Crippen LogP contribution in [0.5, 0.6) is 0 Å². The van der Waals surface area contributed by atoms with Crippen molar-refractivity contribution >= 4 is 46.8 Å². The average Bonchev–Trinajstić information content (AvgIpc) is 2.62. The Labute approximate surface area is 162 Å². The van der Waals surface area contributed by atoms with Crippen LogP contribution in [-0.4, -0.2) is 18.5 Å². The largest absolute Gasteiger partial charge is 0.462 e. The van der Waals surface area contributed by atoms with Crippen LogP contribution in [-0.2, 0) is 9.53 Å². The van der Waals surface area contributed by atoms with E-state index in [1.165, 1.54) is 6.08 Å². The van der Waals surface area contributed by atoms with Gasteiger partial charge in [-0.2, -0.15) is 0 Å². The molecule has 0 saturated carbocycles. The quantitative estimate of drug-likeness (QED) is 0.379. The number of ether oxygens (including phenoxy) is 1. The summed E-state index contributed by atoms with van der Waals surface area (Å²) in [6, 6.07) is 11.6. The normalized spacial score (nSPS) is 10.7. The highest BCUT2D eigenvalue weighted by Crippen LogP contribution is 2.25. The van der Waals surface area contributed by atoms with E-state index in [4.69, 9.17) is 27.9 Å². The number of hydrogen-bond donors (Lipinski definition) is 1. The molecule has 4 nitrogen and oxygen atoms in total. The summed E-state index contributed by atoms with van der Waals surface area (Å²) in [5.74, 6) is -0.705. The molecule has 0 bridgehead atoms. The minimum atomic E-state index is -0.371. The van der Waals surface area contributed by atoms with E-state index >= 15 is 0 Å². The Balaban J connectivity index is 1.95. The maximum absolute atomic E-state index is 12.0. The molecule has 1 N–H and O–H groups in total. The van der Waals surface area contributed by atoms with Gasteiger partial charge in [-0.3, -0.25) is 4.79 Å². The fraction of sp³-hybridized carbons (Fsp3) is 0.200. The Hall–Kier alpha value is -2.30. The van der Waals surface area contributed by atoms with Crippen molar-refractivity contribution in [2.24, 2.45) is 0 Å². The number of rotatable bonds is 7. The number of nitrogens with one attached hydrogen (secondary N) is 1. The summed E-state index contributed by atoms with van der Waals surface area (Å²) in [6.45, 7) is 2.43. The maximum atomic E-state index is 12.0. The van der Waals surface area contributed by atoms with Crippen molar-refractivity contribution in [3.8, 4) is 0 Å². The Morgan fingerprint density at radius 1 is 1.08 bits per heavy atom. The lowest BCUT2D eigenvalue weighted by Crippen LogP contribution is -2.09. The highest BCUT2D eigenvalue weighted by Gasteiger charge is 2.07. The van der Waals surface area contributed by atoms with Gasteiger partial charge in [0.05, 0.1) is 12.2 Å². The molecule has 1 amide bonds. The smallest absolute Gasteiger partial charge is 0.338 e. The van der Waals surface area contributed by atoms with Crippen LogP contribution in [0, 0.1) is 0 Å². The van der Waals surface area contributed by atoms with E-state index in [0.29, 0.717) is 33.5 Å². The number of carbonyl (C=O) groups is 2. The number of halogens is 2. The highest BCUT2D eigenvalue weighted by atomic mass is 35.5. The van der Waals surface area contributed by atoms with Gasteiger partial charge in [-0.15, -0.1) is 0 Å². The van der Waals surface area contributed by atoms with Crippen molar-refractivity contribution in [3.05, 3.63) is 69.7 Å². The molecular weight excluding hydrogens is 373 g/mol. The Bertz CT molecular complexity index is 781. The molecule has 136 valence electrons. The van der Waals surface area contributed by atoms with Gasteiger partial charge in [0.1, 0.15) is 0 Å². The standard InChI is InChI=1S/C20H19Cl2NO3/c1-2-3-13-26-20(25)14-7-9-15(10-8-14)23-19(24)12-11-16-17(21)5-4-6-18(16)22/h4-12H,2-3,13H2,1H3,(H,23,24)/b12-11+. The first kappa shape index (κ1) is 20.0. The van der Waals surface area contributed by atoms with Crippen LogP contribution < -0.4 is 5.32 Å². The number of carbonyl (C=O) groups excluding carboxylic acids is 2. The van der Waals surface area contributed by atoms with Crippen LogP contribution in [0.3, 0.4) is 0 Å². The first-order chi connectivity index (χ1) is 12.5. The summed E-state index contributed by atoms with van der Waals surface area (Å²) in [4.78, 5) is 23.9. The van der Waals surface area contributed by atoms with Crippen molar-refractivity contribution in [2.75, 3.05) is 11.9 Å². The summed E-state index contributed by atoms with van der Waals surface area (Å²) < 4.78 is 5.14. The molecule has 0 aliphatic heterocycles. The minimum Gasteiger partial charge on any atom is -0.462 e. The van der Waals surface area contributed by atoms with Crippen molar-refractivity contribution < 1.29 is 14.3 Å². The van der Waals surface area contributed by atoms with Crippen molar-refractivity contribution in [1.82, 2.24) is 0 Å². The zero-order chi connectivity index (χ0) is 18.9. The molecule has 0 aliphatic carbocycles. The number of esters is 1. The molecule has 0 spiro atoms. The van der Waals surface area contributed by atoms with Gasteiger partial charge in [-0.05, 0) is 48.9 Å². The molecule has 0 fully saturated rings. The third kappa shape index (κ3) is 5.90. The van der Waals surface area contributed by atoms with Crippen LogP contribution >= 0.6 is 23.2 Å². The molecule has 2 aromatic carbocycles. The second-order valence-corrected chi connectivity index (χ2v) is 6.34. The van der Waals surface area contributed by atoms with Gasteiger partial charge < -0.3 is 10.1 Å². The topological polar surface area (TPSA) is 55.4 Å². The fourth-order valence-corrected chi connectivity index (χ4v) is 2.62. The Morgan fingerprint density at radius 3 is 2.35 bits per heavy atom. The third-order valence-corrected chi connectivity index (χ3v) is 4.18. The molecule has 0 aromatic heterocycles. The van der Waals surface area contributed by atoms with E-state index in [0.717, 1.165) is 12.8 Å². The van der Waals surface area contributed by atoms with Crippen LogP contribution in [0.4, 0.5) is 5.69 Å². The number of unbranched alkanes of at least 4 members (excludes halogenated alkanes) is 1. The van der Waals surface area contributed by atoms with Crippen LogP contribution in [0.1, 0.15) is 35.7 Å². The van der Waals surface area contributed by atoms with Gasteiger partial charge in [0, 0.05) is 27.4 Å². The van der Waals surface area contributed by atoms with E-state index in [2.05, 4.69) is 5.32 Å². The second kappa shape index (κ2) is 10.00. The molecule has 0 radical (unpaired) electrons. The second-order valence-electron chi connectivity index (χ2n) is 5.52. The van der Waals surface area contributed by atoms with Crippen molar-refractivity contribution in [3.63, 3.8) is 0 Å². The monoisotopic (exact) mass is 391 g/mol. The summed E-state index contributed by atoms with van der Waals surface area (Å²) in [7, 11) is 0. The Kier molecular flexibility index (Phi) is 7.70. The molecule has 0 unspecified atom stereocenters. The molecule has 2 aromatic rings. The van der Waals surface area contributed by atoms with E-state index < -0.39 is 0 Å². The molecule has 0 saturated heterocycles. The lowest BCUT2D eigenvalue weighted by Gasteiger charge is -2.06. The summed E-state index contributed by atoms with van der Waals surface area (Å²) in [6.07, 6.45) is 4.70. The molecule has 0 atom stereocenters. The molecule has 0 aliphatic rings. The van der Waals surface area contributed by atoms with E-state index in [9.17, 15) is 9.59 Å². The average molecular weight is 392 g/mol. The van der Waals surface area contributed by atoms with Gasteiger partial charge >= 0.3 is 5.97 Å².